The van der Waals surface area contributed by atoms with Crippen LogP contribution < -0.4 is 0 Å². The highest BCUT2D eigenvalue weighted by Gasteiger charge is 2.36. The van der Waals surface area contributed by atoms with Gasteiger partial charge in [0.25, 0.3) is 0 Å². The molecule has 0 spiro atoms. The lowest BCUT2D eigenvalue weighted by Gasteiger charge is -2.18. The van der Waals surface area contributed by atoms with E-state index in [-0.39, 0.29) is 41.9 Å². The fourth-order valence-electron chi connectivity index (χ4n) is 6.55. The molecule has 0 saturated carbocycles. The molecule has 3 aromatic rings. The number of rotatable bonds is 8. The van der Waals surface area contributed by atoms with Gasteiger partial charge in [-0.05, 0) is 62.1 Å². The average Bonchev–Trinajstić information content (AvgIpc) is 3.74. The SMILES string of the molecule is C=Cc1c(C)c2cc3[nH]c(cc4nc(c(CC(=O)OC)c5nc(cc1[nH]2)C(C)=C5C(=O)OC)[C@@H](CCC(=O)OC)[C@@H]4C)c(C)c3C=C. The van der Waals surface area contributed by atoms with Gasteiger partial charge in [0, 0.05) is 62.7 Å². The monoisotopic (exact) mass is 636 g/mol. The lowest BCUT2D eigenvalue weighted by molar-refractivity contribution is -0.141. The van der Waals surface area contributed by atoms with E-state index >= 15 is 0 Å². The van der Waals surface area contributed by atoms with Crippen LogP contribution in [0, 0.1) is 13.8 Å². The molecule has 0 fully saturated rings. The first-order valence-corrected chi connectivity index (χ1v) is 15.4. The second-order valence-electron chi connectivity index (χ2n) is 11.8. The molecule has 0 aromatic carbocycles. The maximum absolute atomic E-state index is 13.4. The van der Waals surface area contributed by atoms with Crippen LogP contribution in [0.1, 0.15) is 89.1 Å². The van der Waals surface area contributed by atoms with Crippen molar-refractivity contribution in [3.8, 4) is 0 Å². The summed E-state index contributed by atoms with van der Waals surface area (Å²) >= 11 is 0. The number of aromatic amines is 2. The molecule has 5 heterocycles. The fourth-order valence-corrected chi connectivity index (χ4v) is 6.55. The first kappa shape index (κ1) is 33.1. The van der Waals surface area contributed by atoms with Crippen LogP contribution in [0.2, 0.25) is 0 Å². The Balaban J connectivity index is 2.03. The zero-order valence-electron chi connectivity index (χ0n) is 27.9. The number of allylic oxidation sites excluding steroid dienone is 1. The van der Waals surface area contributed by atoms with Gasteiger partial charge in [-0.2, -0.15) is 0 Å². The quantitative estimate of drug-likeness (QED) is 0.202. The lowest BCUT2D eigenvalue weighted by atomic mass is 9.84. The predicted octanol–water partition coefficient (Wildman–Crippen LogP) is 6.88. The first-order chi connectivity index (χ1) is 22.5. The molecule has 2 atom stereocenters. The van der Waals surface area contributed by atoms with Crippen molar-refractivity contribution in [3.63, 3.8) is 0 Å². The Morgan fingerprint density at radius 3 is 2.00 bits per heavy atom. The Labute approximate surface area is 273 Å². The molecule has 0 unspecified atom stereocenters. The Morgan fingerprint density at radius 2 is 1.43 bits per heavy atom. The summed E-state index contributed by atoms with van der Waals surface area (Å²) < 4.78 is 15.3. The molecular formula is C37H40N4O6. The number of ether oxygens (including phenoxy) is 3. The van der Waals surface area contributed by atoms with Crippen LogP contribution in [0.3, 0.4) is 0 Å². The number of hydrogen-bond acceptors (Lipinski definition) is 8. The zero-order chi connectivity index (χ0) is 34.2. The molecule has 0 saturated heterocycles. The third-order valence-electron chi connectivity index (χ3n) is 9.32. The number of carbonyl (C=O) groups is 3. The summed E-state index contributed by atoms with van der Waals surface area (Å²) in [7, 11) is 3.97. The summed E-state index contributed by atoms with van der Waals surface area (Å²) in [6.45, 7) is 16.0. The van der Waals surface area contributed by atoms with Gasteiger partial charge in [-0.1, -0.05) is 32.2 Å². The van der Waals surface area contributed by atoms with E-state index in [1.165, 1.54) is 21.3 Å². The van der Waals surface area contributed by atoms with Gasteiger partial charge < -0.3 is 24.2 Å². The van der Waals surface area contributed by atoms with E-state index in [2.05, 4.69) is 23.1 Å². The summed E-state index contributed by atoms with van der Waals surface area (Å²) in [5, 5.41) is 0. The van der Waals surface area contributed by atoms with E-state index in [1.54, 1.807) is 13.0 Å². The van der Waals surface area contributed by atoms with Crippen LogP contribution in [0.5, 0.6) is 0 Å². The van der Waals surface area contributed by atoms with Crippen molar-refractivity contribution in [1.29, 1.82) is 0 Å². The molecule has 8 bridgehead atoms. The third kappa shape index (κ3) is 5.91. The number of hydrogen-bond donors (Lipinski definition) is 2. The minimum Gasteiger partial charge on any atom is -0.469 e. The molecule has 244 valence electrons. The molecule has 2 aliphatic heterocycles. The number of nitrogens with one attached hydrogen (secondary N) is 2. The topological polar surface area (TPSA) is 136 Å². The fraction of sp³-hybridized carbons (Fsp3) is 0.324. The van der Waals surface area contributed by atoms with Crippen LogP contribution in [0.4, 0.5) is 0 Å². The number of nitrogens with zero attached hydrogens (tertiary/aromatic N) is 2. The minimum atomic E-state index is -0.592. The summed E-state index contributed by atoms with van der Waals surface area (Å²) in [6, 6.07) is 5.91. The highest BCUT2D eigenvalue weighted by Crippen LogP contribution is 2.44. The maximum atomic E-state index is 13.4. The number of fused-ring (bicyclic) bond motifs is 8. The molecular weight excluding hydrogens is 596 g/mol. The van der Waals surface area contributed by atoms with Gasteiger partial charge >= 0.3 is 17.9 Å². The van der Waals surface area contributed by atoms with E-state index in [0.717, 1.165) is 50.0 Å². The number of methoxy groups -OCH3 is 3. The zero-order valence-corrected chi connectivity index (χ0v) is 27.9. The Bertz CT molecular complexity index is 2030. The summed E-state index contributed by atoms with van der Waals surface area (Å²) in [6.07, 6.45) is 3.95. The van der Waals surface area contributed by atoms with E-state index in [0.29, 0.717) is 28.9 Å². The van der Waals surface area contributed by atoms with E-state index in [1.807, 2.05) is 45.0 Å². The van der Waals surface area contributed by atoms with Crippen LogP contribution >= 0.6 is 0 Å². The number of aromatic nitrogens is 4. The number of aryl methyl sites for hydroxylation is 2. The first-order valence-electron chi connectivity index (χ1n) is 15.4. The molecule has 10 heteroatoms. The van der Waals surface area contributed by atoms with E-state index in [4.69, 9.17) is 24.2 Å². The smallest absolute Gasteiger partial charge is 0.340 e. The third-order valence-corrected chi connectivity index (χ3v) is 9.32. The van der Waals surface area contributed by atoms with Crippen molar-refractivity contribution in [2.24, 2.45) is 0 Å². The van der Waals surface area contributed by atoms with Gasteiger partial charge in [0.1, 0.15) is 0 Å². The van der Waals surface area contributed by atoms with Crippen LogP contribution in [-0.4, -0.2) is 59.2 Å². The Hall–Kier alpha value is -5.25. The normalized spacial score (nSPS) is 15.7. The predicted molar refractivity (Wildman–Crippen MR) is 183 cm³/mol. The van der Waals surface area contributed by atoms with Gasteiger partial charge in [0.15, 0.2) is 0 Å². The Kier molecular flexibility index (Phi) is 9.33. The van der Waals surface area contributed by atoms with Crippen molar-refractivity contribution in [2.75, 3.05) is 21.3 Å². The van der Waals surface area contributed by atoms with E-state index < -0.39 is 11.9 Å². The van der Waals surface area contributed by atoms with Crippen molar-refractivity contribution >= 4 is 63.3 Å². The molecule has 0 radical (unpaired) electrons. The molecule has 2 aliphatic rings. The molecule has 0 aliphatic carbocycles. The summed E-state index contributed by atoms with van der Waals surface area (Å²) in [5.74, 6) is -1.93. The van der Waals surface area contributed by atoms with Gasteiger partial charge in [0.05, 0.1) is 50.4 Å². The van der Waals surface area contributed by atoms with Gasteiger partial charge in [-0.15, -0.1) is 0 Å². The minimum absolute atomic E-state index is 0.138. The van der Waals surface area contributed by atoms with Crippen LogP contribution in [-0.2, 0) is 35.0 Å². The summed E-state index contributed by atoms with van der Waals surface area (Å²) in [4.78, 5) is 55.9. The molecule has 5 rings (SSSR count). The summed E-state index contributed by atoms with van der Waals surface area (Å²) in [5.41, 5.74) is 10.5. The van der Waals surface area contributed by atoms with Crippen molar-refractivity contribution in [1.82, 2.24) is 19.9 Å². The van der Waals surface area contributed by atoms with Crippen molar-refractivity contribution < 1.29 is 28.6 Å². The molecule has 0 amide bonds. The largest absolute Gasteiger partial charge is 0.469 e. The lowest BCUT2D eigenvalue weighted by Crippen LogP contribution is -2.15. The second kappa shape index (κ2) is 13.2. The van der Waals surface area contributed by atoms with Crippen LogP contribution in [0.15, 0.2) is 31.4 Å². The van der Waals surface area contributed by atoms with Gasteiger partial charge in [-0.25, -0.2) is 9.78 Å². The van der Waals surface area contributed by atoms with Crippen LogP contribution in [0.25, 0.3) is 45.4 Å². The molecule has 47 heavy (non-hydrogen) atoms. The van der Waals surface area contributed by atoms with Gasteiger partial charge in [-0.3, -0.25) is 14.6 Å². The Morgan fingerprint density at radius 1 is 0.830 bits per heavy atom. The standard InChI is InChI=1S/C37H40N4O6/c1-10-22-18(3)26-15-28-20(5)24(12-13-32(42)45-7)35(40-28)25(14-33(43)46-8)36-34(37(44)47-9)21(6)29(41-36)17-31-23(11-2)19(4)27(39-31)16-30(22)38-26/h10-11,15-17,20,24,38-39H,1-2,12-14H2,3-9H3/t20-,24-/m0/s1. The highest BCUT2D eigenvalue weighted by molar-refractivity contribution is 6.25. The van der Waals surface area contributed by atoms with Crippen molar-refractivity contribution in [2.45, 2.75) is 58.8 Å². The van der Waals surface area contributed by atoms with Gasteiger partial charge in [0.2, 0.25) is 0 Å². The number of carbonyl (C=O) groups excluding carboxylic acids is 3. The average molecular weight is 637 g/mol. The maximum Gasteiger partial charge on any atom is 0.340 e. The molecule has 10 nitrogen and oxygen atoms in total. The number of esters is 3. The van der Waals surface area contributed by atoms with E-state index in [9.17, 15) is 14.4 Å². The number of H-pyrrole nitrogens is 2. The molecule has 3 aromatic heterocycles. The highest BCUT2D eigenvalue weighted by atomic mass is 16.5. The van der Waals surface area contributed by atoms with Crippen molar-refractivity contribution in [3.05, 3.63) is 81.9 Å². The molecule has 2 N–H and O–H groups in total. The second-order valence-corrected chi connectivity index (χ2v) is 11.8.